The topological polar surface area (TPSA) is 49.8 Å². The second kappa shape index (κ2) is 2.09. The molecule has 0 heterocycles. The Morgan fingerprint density at radius 2 is 1.77 bits per heavy atom. The van der Waals surface area contributed by atoms with Gasteiger partial charge in [0, 0.05) is 5.54 Å². The molecule has 4 aliphatic carbocycles. The first kappa shape index (κ1) is 7.82. The first-order chi connectivity index (χ1) is 6.13. The molecule has 2 nitrogen and oxygen atoms in total. The van der Waals surface area contributed by atoms with Crippen LogP contribution in [-0.4, -0.2) is 5.54 Å². The third kappa shape index (κ3) is 0.971. The van der Waals surface area contributed by atoms with E-state index >= 15 is 0 Å². The van der Waals surface area contributed by atoms with Crippen LogP contribution in [0.2, 0.25) is 0 Å². The highest BCUT2D eigenvalue weighted by atomic mass is 14.8. The van der Waals surface area contributed by atoms with Gasteiger partial charge >= 0.3 is 0 Å². The lowest BCUT2D eigenvalue weighted by Gasteiger charge is -2.58. The second-order valence-corrected chi connectivity index (χ2v) is 5.72. The highest BCUT2D eigenvalue weighted by Gasteiger charge is 2.56. The molecule has 0 amide bonds. The SMILES string of the molecule is N#CC12C[C@@H]3C[C@@H](CC(N)(C3)C1)C2. The van der Waals surface area contributed by atoms with E-state index in [2.05, 4.69) is 6.07 Å². The van der Waals surface area contributed by atoms with Crippen LogP contribution >= 0.6 is 0 Å². The van der Waals surface area contributed by atoms with Crippen molar-refractivity contribution in [2.75, 3.05) is 0 Å². The molecule has 2 heteroatoms. The summed E-state index contributed by atoms with van der Waals surface area (Å²) in [6.07, 6.45) is 6.98. The second-order valence-electron chi connectivity index (χ2n) is 5.72. The molecule has 2 unspecified atom stereocenters. The van der Waals surface area contributed by atoms with E-state index in [9.17, 15) is 5.26 Å². The predicted octanol–water partition coefficient (Wildman–Crippen LogP) is 1.81. The van der Waals surface area contributed by atoms with E-state index in [4.69, 9.17) is 5.73 Å². The Labute approximate surface area is 79.1 Å². The van der Waals surface area contributed by atoms with Crippen LogP contribution in [0.5, 0.6) is 0 Å². The molecule has 0 aliphatic heterocycles. The van der Waals surface area contributed by atoms with Gasteiger partial charge in [-0.1, -0.05) is 0 Å². The highest BCUT2D eigenvalue weighted by molar-refractivity contribution is 5.17. The van der Waals surface area contributed by atoms with Gasteiger partial charge < -0.3 is 5.73 Å². The van der Waals surface area contributed by atoms with Gasteiger partial charge in [-0.2, -0.15) is 5.26 Å². The average Bonchev–Trinajstić information content (AvgIpc) is 1.99. The molecule has 0 saturated heterocycles. The zero-order valence-electron chi connectivity index (χ0n) is 7.92. The Balaban J connectivity index is 2.01. The molecule has 4 atom stereocenters. The number of rotatable bonds is 0. The molecule has 0 spiro atoms. The van der Waals surface area contributed by atoms with Crippen LogP contribution in [0.15, 0.2) is 0 Å². The molecule has 0 radical (unpaired) electrons. The normalized spacial score (nSPS) is 57.8. The summed E-state index contributed by atoms with van der Waals surface area (Å²) in [4.78, 5) is 0. The van der Waals surface area contributed by atoms with E-state index in [1.807, 2.05) is 0 Å². The van der Waals surface area contributed by atoms with Crippen LogP contribution in [0.25, 0.3) is 0 Å². The van der Waals surface area contributed by atoms with E-state index in [1.165, 1.54) is 19.3 Å². The first-order valence-corrected chi connectivity index (χ1v) is 5.33. The smallest absolute Gasteiger partial charge is 0.0690 e. The fourth-order valence-corrected chi connectivity index (χ4v) is 4.46. The summed E-state index contributed by atoms with van der Waals surface area (Å²) in [7, 11) is 0. The van der Waals surface area contributed by atoms with Crippen LogP contribution in [0.1, 0.15) is 38.5 Å². The first-order valence-electron chi connectivity index (χ1n) is 5.33. The van der Waals surface area contributed by atoms with Crippen molar-refractivity contribution in [2.45, 2.75) is 44.1 Å². The van der Waals surface area contributed by atoms with Crippen molar-refractivity contribution in [1.82, 2.24) is 0 Å². The minimum Gasteiger partial charge on any atom is -0.325 e. The standard InChI is InChI=1S/C11H16N2/c12-7-10-2-8-1-9(3-10)5-11(13,4-8)6-10/h8-9H,1-6,13H2/t8-,9+,10?,11?. The third-order valence-electron chi connectivity index (χ3n) is 4.34. The molecule has 4 fully saturated rings. The van der Waals surface area contributed by atoms with Crippen molar-refractivity contribution < 1.29 is 0 Å². The minimum absolute atomic E-state index is 0.0150. The number of nitrogens with zero attached hydrogens (tertiary/aromatic N) is 1. The molecule has 4 rings (SSSR count). The van der Waals surface area contributed by atoms with Gasteiger partial charge in [-0.3, -0.25) is 0 Å². The Hall–Kier alpha value is -0.550. The number of hydrogen-bond donors (Lipinski definition) is 1. The van der Waals surface area contributed by atoms with E-state index in [-0.39, 0.29) is 11.0 Å². The molecule has 0 aromatic heterocycles. The van der Waals surface area contributed by atoms with Crippen molar-refractivity contribution >= 4 is 0 Å². The Bertz CT molecular complexity index is 275. The summed E-state index contributed by atoms with van der Waals surface area (Å²) in [6, 6.07) is 2.55. The Morgan fingerprint density at radius 3 is 2.23 bits per heavy atom. The Kier molecular flexibility index (Phi) is 1.26. The monoisotopic (exact) mass is 176 g/mol. The van der Waals surface area contributed by atoms with Crippen molar-refractivity contribution in [3.8, 4) is 6.07 Å². The lowest BCUT2D eigenvalue weighted by molar-refractivity contribution is -0.0359. The molecule has 0 aromatic carbocycles. The molecule has 4 saturated carbocycles. The van der Waals surface area contributed by atoms with E-state index < -0.39 is 0 Å². The fourth-order valence-electron chi connectivity index (χ4n) is 4.46. The molecule has 70 valence electrons. The zero-order valence-corrected chi connectivity index (χ0v) is 7.92. The van der Waals surface area contributed by atoms with Crippen LogP contribution in [0.3, 0.4) is 0 Å². The summed E-state index contributed by atoms with van der Waals surface area (Å²) in [6.45, 7) is 0. The molecule has 4 aliphatic rings. The lowest BCUT2D eigenvalue weighted by Crippen LogP contribution is -2.59. The quantitative estimate of drug-likeness (QED) is 0.612. The van der Waals surface area contributed by atoms with Gasteiger partial charge in [0.1, 0.15) is 0 Å². The lowest BCUT2D eigenvalue weighted by atomic mass is 9.47. The maximum atomic E-state index is 9.24. The van der Waals surface area contributed by atoms with Crippen molar-refractivity contribution in [1.29, 1.82) is 5.26 Å². The zero-order chi connectivity index (χ0) is 9.10. The van der Waals surface area contributed by atoms with Gasteiger partial charge in [0.15, 0.2) is 0 Å². The maximum absolute atomic E-state index is 9.24. The highest BCUT2D eigenvalue weighted by Crippen LogP contribution is 2.60. The molecule has 0 aromatic rings. The van der Waals surface area contributed by atoms with Crippen LogP contribution in [0, 0.1) is 28.6 Å². The molecule has 13 heavy (non-hydrogen) atoms. The fraction of sp³-hybridized carbons (Fsp3) is 0.909. The van der Waals surface area contributed by atoms with Gasteiger partial charge in [0.2, 0.25) is 0 Å². The summed E-state index contributed by atoms with van der Waals surface area (Å²) in [5.41, 5.74) is 6.36. The molecular weight excluding hydrogens is 160 g/mol. The maximum Gasteiger partial charge on any atom is 0.0690 e. The van der Waals surface area contributed by atoms with E-state index in [1.54, 1.807) is 0 Å². The van der Waals surface area contributed by atoms with E-state index in [0.29, 0.717) is 0 Å². The van der Waals surface area contributed by atoms with Crippen molar-refractivity contribution in [3.63, 3.8) is 0 Å². The van der Waals surface area contributed by atoms with Gasteiger partial charge in [-0.15, -0.1) is 0 Å². The van der Waals surface area contributed by atoms with Crippen LogP contribution in [0.4, 0.5) is 0 Å². The average molecular weight is 176 g/mol. The summed E-state index contributed by atoms with van der Waals surface area (Å²) in [5.74, 6) is 1.54. The van der Waals surface area contributed by atoms with Crippen LogP contribution < -0.4 is 5.73 Å². The summed E-state index contributed by atoms with van der Waals surface area (Å²) >= 11 is 0. The number of nitriles is 1. The van der Waals surface area contributed by atoms with Gasteiger partial charge in [-0.05, 0) is 50.4 Å². The minimum atomic E-state index is -0.0150. The van der Waals surface area contributed by atoms with Crippen molar-refractivity contribution in [3.05, 3.63) is 0 Å². The molecule has 4 bridgehead atoms. The summed E-state index contributed by atoms with van der Waals surface area (Å²) in [5, 5.41) is 9.24. The van der Waals surface area contributed by atoms with Crippen molar-refractivity contribution in [2.24, 2.45) is 23.0 Å². The number of nitrogens with two attached hydrogens (primary N) is 1. The largest absolute Gasteiger partial charge is 0.325 e. The van der Waals surface area contributed by atoms with Gasteiger partial charge in [0.25, 0.3) is 0 Å². The Morgan fingerprint density at radius 1 is 1.15 bits per heavy atom. The van der Waals surface area contributed by atoms with E-state index in [0.717, 1.165) is 31.1 Å². The van der Waals surface area contributed by atoms with Gasteiger partial charge in [0.05, 0.1) is 11.5 Å². The van der Waals surface area contributed by atoms with Crippen LogP contribution in [-0.2, 0) is 0 Å². The molecule has 2 N–H and O–H groups in total. The summed E-state index contributed by atoms with van der Waals surface area (Å²) < 4.78 is 0. The third-order valence-corrected chi connectivity index (χ3v) is 4.34. The predicted molar refractivity (Wildman–Crippen MR) is 49.6 cm³/mol. The number of hydrogen-bond acceptors (Lipinski definition) is 2. The molecular formula is C11H16N2. The van der Waals surface area contributed by atoms with Gasteiger partial charge in [-0.25, -0.2) is 0 Å².